The van der Waals surface area contributed by atoms with Gasteiger partial charge >= 0.3 is 0 Å². The largest absolute Gasteiger partial charge is 0.325 e. The number of amides is 1. The molecule has 6 heteroatoms. The number of carbonyl (C=O) groups excluding carboxylic acids is 1. The lowest BCUT2D eigenvalue weighted by Crippen LogP contribution is -2.41. The van der Waals surface area contributed by atoms with Crippen molar-refractivity contribution in [2.75, 3.05) is 38.0 Å². The van der Waals surface area contributed by atoms with Gasteiger partial charge in [-0.1, -0.05) is 24.6 Å². The van der Waals surface area contributed by atoms with E-state index in [1.54, 1.807) is 6.07 Å². The summed E-state index contributed by atoms with van der Waals surface area (Å²) in [6, 6.07) is 5.56. The third-order valence-corrected chi connectivity index (χ3v) is 4.47. The maximum Gasteiger partial charge on any atom is 0.238 e. The second-order valence-corrected chi connectivity index (χ2v) is 6.47. The summed E-state index contributed by atoms with van der Waals surface area (Å²) in [6.45, 7) is 8.69. The highest BCUT2D eigenvalue weighted by Gasteiger charge is 2.20. The van der Waals surface area contributed by atoms with Gasteiger partial charge in [0.25, 0.3) is 0 Å². The molecule has 1 amide bonds. The van der Waals surface area contributed by atoms with Gasteiger partial charge in [-0.3, -0.25) is 9.69 Å². The fraction of sp³-hybridized carbons (Fsp3) is 0.588. The molecule has 1 aliphatic heterocycles. The lowest BCUT2D eigenvalue weighted by Gasteiger charge is -2.31. The number of likely N-dealkylation sites (tertiary alicyclic amines) is 1. The molecule has 0 aromatic heterocycles. The summed E-state index contributed by atoms with van der Waals surface area (Å²) in [5.74, 6) is 0.782. The highest BCUT2D eigenvalue weighted by atomic mass is 35.5. The van der Waals surface area contributed by atoms with Crippen molar-refractivity contribution in [2.24, 2.45) is 5.92 Å². The number of nitrogens with one attached hydrogen (secondary N) is 2. The van der Waals surface area contributed by atoms with Crippen LogP contribution in [0.4, 0.5) is 5.69 Å². The molecule has 1 aromatic carbocycles. The molecule has 1 aliphatic rings. The lowest BCUT2D eigenvalue weighted by atomic mass is 9.97. The Morgan fingerprint density at radius 3 is 2.70 bits per heavy atom. The van der Waals surface area contributed by atoms with Crippen LogP contribution in [0.5, 0.6) is 0 Å². The van der Waals surface area contributed by atoms with Crippen molar-refractivity contribution in [3.8, 4) is 0 Å². The van der Waals surface area contributed by atoms with E-state index >= 15 is 0 Å². The molecule has 0 aliphatic carbocycles. The smallest absolute Gasteiger partial charge is 0.238 e. The minimum atomic E-state index is 0. The third-order valence-electron chi connectivity index (χ3n) is 4.23. The average molecular weight is 360 g/mol. The molecule has 0 radical (unpaired) electrons. The second-order valence-electron chi connectivity index (χ2n) is 6.03. The first-order chi connectivity index (χ1) is 10.6. The Labute approximate surface area is 150 Å². The second kappa shape index (κ2) is 10.1. The number of hydrogen-bond donors (Lipinski definition) is 2. The summed E-state index contributed by atoms with van der Waals surface area (Å²) < 4.78 is 0. The van der Waals surface area contributed by atoms with Crippen LogP contribution in [0.25, 0.3) is 0 Å². The zero-order valence-electron chi connectivity index (χ0n) is 13.9. The quantitative estimate of drug-likeness (QED) is 0.818. The lowest BCUT2D eigenvalue weighted by molar-refractivity contribution is -0.117. The number of piperidine rings is 1. The molecule has 130 valence electrons. The van der Waals surface area contributed by atoms with Crippen molar-refractivity contribution in [3.05, 3.63) is 28.8 Å². The molecule has 0 unspecified atom stereocenters. The summed E-state index contributed by atoms with van der Waals surface area (Å²) in [5, 5.41) is 7.02. The van der Waals surface area contributed by atoms with E-state index in [2.05, 4.69) is 22.5 Å². The molecule has 1 heterocycles. The van der Waals surface area contributed by atoms with Crippen molar-refractivity contribution in [1.29, 1.82) is 0 Å². The van der Waals surface area contributed by atoms with Gasteiger partial charge < -0.3 is 10.6 Å². The van der Waals surface area contributed by atoms with Gasteiger partial charge in [-0.15, -0.1) is 12.4 Å². The van der Waals surface area contributed by atoms with Crippen molar-refractivity contribution in [1.82, 2.24) is 10.2 Å². The first-order valence-electron chi connectivity index (χ1n) is 8.07. The van der Waals surface area contributed by atoms with Crippen LogP contribution in [0.1, 0.15) is 25.3 Å². The van der Waals surface area contributed by atoms with E-state index in [0.29, 0.717) is 11.6 Å². The van der Waals surface area contributed by atoms with E-state index in [-0.39, 0.29) is 18.3 Å². The summed E-state index contributed by atoms with van der Waals surface area (Å²) >= 11 is 5.98. The van der Waals surface area contributed by atoms with Gasteiger partial charge in [-0.25, -0.2) is 0 Å². The van der Waals surface area contributed by atoms with E-state index in [1.807, 2.05) is 19.1 Å². The van der Waals surface area contributed by atoms with E-state index in [0.717, 1.165) is 56.2 Å². The number of rotatable bonds is 6. The monoisotopic (exact) mass is 359 g/mol. The molecular formula is C17H27Cl2N3O. The number of carbonyl (C=O) groups is 1. The predicted molar refractivity (Wildman–Crippen MR) is 99.8 cm³/mol. The molecule has 0 spiro atoms. The minimum Gasteiger partial charge on any atom is -0.325 e. The molecule has 2 rings (SSSR count). The molecule has 1 fully saturated rings. The van der Waals surface area contributed by atoms with E-state index in [1.165, 1.54) is 0 Å². The van der Waals surface area contributed by atoms with Crippen LogP contribution in [0, 0.1) is 12.8 Å². The number of nitrogens with zero attached hydrogens (tertiary/aromatic N) is 1. The van der Waals surface area contributed by atoms with E-state index < -0.39 is 0 Å². The van der Waals surface area contributed by atoms with Crippen molar-refractivity contribution in [2.45, 2.75) is 26.7 Å². The Balaban J connectivity index is 0.00000264. The number of anilines is 1. The number of aryl methyl sites for hydroxylation is 1. The maximum absolute atomic E-state index is 12.2. The third kappa shape index (κ3) is 6.68. The molecule has 0 atom stereocenters. The summed E-state index contributed by atoms with van der Waals surface area (Å²) in [6.07, 6.45) is 2.33. The summed E-state index contributed by atoms with van der Waals surface area (Å²) in [5.41, 5.74) is 1.83. The van der Waals surface area contributed by atoms with Gasteiger partial charge in [-0.05, 0) is 69.6 Å². The number of halogens is 2. The molecule has 1 saturated heterocycles. The first-order valence-corrected chi connectivity index (χ1v) is 8.45. The molecule has 0 saturated carbocycles. The van der Waals surface area contributed by atoms with Gasteiger partial charge in [0.15, 0.2) is 0 Å². The molecular weight excluding hydrogens is 333 g/mol. The fourth-order valence-electron chi connectivity index (χ4n) is 2.82. The van der Waals surface area contributed by atoms with Crippen LogP contribution in [0.3, 0.4) is 0 Å². The van der Waals surface area contributed by atoms with Crippen LogP contribution in [0.2, 0.25) is 5.02 Å². The van der Waals surface area contributed by atoms with Crippen LogP contribution in [0.15, 0.2) is 18.2 Å². The topological polar surface area (TPSA) is 44.4 Å². The Kier molecular flexibility index (Phi) is 8.92. The first kappa shape index (κ1) is 20.2. The van der Waals surface area contributed by atoms with Gasteiger partial charge in [0.05, 0.1) is 6.54 Å². The predicted octanol–water partition coefficient (Wildman–Crippen LogP) is 3.33. The van der Waals surface area contributed by atoms with Crippen LogP contribution >= 0.6 is 24.0 Å². The zero-order chi connectivity index (χ0) is 15.9. The average Bonchev–Trinajstić information content (AvgIpc) is 2.50. The van der Waals surface area contributed by atoms with Crippen molar-refractivity contribution < 1.29 is 4.79 Å². The molecule has 0 bridgehead atoms. The van der Waals surface area contributed by atoms with Crippen LogP contribution in [-0.4, -0.2) is 43.5 Å². The molecule has 23 heavy (non-hydrogen) atoms. The number of benzene rings is 1. The Morgan fingerprint density at radius 1 is 1.35 bits per heavy atom. The SMILES string of the molecule is CCNCC1CCN(CC(=O)Nc2cc(Cl)ccc2C)CC1.Cl. The van der Waals surface area contributed by atoms with E-state index in [4.69, 9.17) is 11.6 Å². The summed E-state index contributed by atoms with van der Waals surface area (Å²) in [7, 11) is 0. The van der Waals surface area contributed by atoms with Crippen molar-refractivity contribution in [3.63, 3.8) is 0 Å². The minimum absolute atomic E-state index is 0. The Bertz CT molecular complexity index is 503. The van der Waals surface area contributed by atoms with E-state index in [9.17, 15) is 4.79 Å². The summed E-state index contributed by atoms with van der Waals surface area (Å²) in [4.78, 5) is 14.4. The highest BCUT2D eigenvalue weighted by molar-refractivity contribution is 6.31. The van der Waals surface area contributed by atoms with Gasteiger partial charge in [0, 0.05) is 10.7 Å². The van der Waals surface area contributed by atoms with Crippen LogP contribution in [-0.2, 0) is 4.79 Å². The fourth-order valence-corrected chi connectivity index (χ4v) is 2.99. The standard InChI is InChI=1S/C17H26ClN3O.ClH/c1-3-19-11-14-6-8-21(9-7-14)12-17(22)20-16-10-15(18)5-4-13(16)2;/h4-5,10,14,19H,3,6-9,11-12H2,1-2H3,(H,20,22);1H. The van der Waals surface area contributed by atoms with Crippen LogP contribution < -0.4 is 10.6 Å². The van der Waals surface area contributed by atoms with Crippen molar-refractivity contribution >= 4 is 35.6 Å². The van der Waals surface area contributed by atoms with Gasteiger partial charge in [0.1, 0.15) is 0 Å². The highest BCUT2D eigenvalue weighted by Crippen LogP contribution is 2.20. The van der Waals surface area contributed by atoms with Gasteiger partial charge in [-0.2, -0.15) is 0 Å². The zero-order valence-corrected chi connectivity index (χ0v) is 15.5. The normalized spacial score (nSPS) is 16.0. The molecule has 2 N–H and O–H groups in total. The molecule has 1 aromatic rings. The Morgan fingerprint density at radius 2 is 2.04 bits per heavy atom. The number of hydrogen-bond acceptors (Lipinski definition) is 3. The van der Waals surface area contributed by atoms with Gasteiger partial charge in [0.2, 0.25) is 5.91 Å². The molecule has 4 nitrogen and oxygen atoms in total. The maximum atomic E-state index is 12.2. The Hall–Kier alpha value is -0.810.